The van der Waals surface area contributed by atoms with Crippen molar-refractivity contribution < 1.29 is 9.90 Å². The lowest BCUT2D eigenvalue weighted by atomic mass is 10.2. The van der Waals surface area contributed by atoms with Gasteiger partial charge in [-0.2, -0.15) is 0 Å². The molecule has 17 heavy (non-hydrogen) atoms. The Morgan fingerprint density at radius 2 is 1.94 bits per heavy atom. The second kappa shape index (κ2) is 6.25. The Labute approximate surface area is 109 Å². The summed E-state index contributed by atoms with van der Waals surface area (Å²) in [5, 5.41) is 8.93. The number of carboxylic acid groups (broad SMARTS) is 1. The minimum Gasteiger partial charge on any atom is -0.478 e. The topological polar surface area (TPSA) is 40.5 Å². The second-order valence-electron chi connectivity index (χ2n) is 3.45. The van der Waals surface area contributed by atoms with Gasteiger partial charge >= 0.3 is 5.97 Å². The Bertz CT molecular complexity index is 433. The zero-order valence-corrected chi connectivity index (χ0v) is 11.0. The van der Waals surface area contributed by atoms with Crippen LogP contribution in [0, 0.1) is 0 Å². The Balaban J connectivity index is 3.04. The molecule has 0 amide bonds. The molecule has 3 nitrogen and oxygen atoms in total. The number of nitrogens with zero attached hydrogens (tertiary/aromatic N) is 1. The number of rotatable bonds is 6. The Morgan fingerprint density at radius 1 is 1.35 bits per heavy atom. The lowest BCUT2D eigenvalue weighted by Gasteiger charge is -2.22. The largest absolute Gasteiger partial charge is 0.478 e. The maximum Gasteiger partial charge on any atom is 0.336 e. The van der Waals surface area contributed by atoms with Gasteiger partial charge < -0.3 is 10.0 Å². The van der Waals surface area contributed by atoms with E-state index in [0.29, 0.717) is 17.6 Å². The third-order valence-corrected chi connectivity index (χ3v) is 2.90. The van der Waals surface area contributed by atoms with Gasteiger partial charge in [0.05, 0.1) is 5.56 Å². The zero-order valence-electron chi connectivity index (χ0n) is 9.40. The molecule has 0 saturated carbocycles. The van der Waals surface area contributed by atoms with Gasteiger partial charge in [-0.15, -0.1) is 13.2 Å². The molecule has 1 N–H and O–H groups in total. The van der Waals surface area contributed by atoms with Gasteiger partial charge in [0.2, 0.25) is 0 Å². The highest BCUT2D eigenvalue weighted by Crippen LogP contribution is 2.24. The van der Waals surface area contributed by atoms with Crippen LogP contribution in [0.15, 0.2) is 48.0 Å². The first-order valence-electron chi connectivity index (χ1n) is 5.09. The molecule has 1 aromatic rings. The first-order chi connectivity index (χ1) is 8.10. The summed E-state index contributed by atoms with van der Waals surface area (Å²) in [5.41, 5.74) is 1.19. The van der Waals surface area contributed by atoms with Gasteiger partial charge in [0.25, 0.3) is 0 Å². The summed E-state index contributed by atoms with van der Waals surface area (Å²) in [6.45, 7) is 8.76. The molecular formula is C13H14BrNO2. The van der Waals surface area contributed by atoms with Crippen LogP contribution >= 0.6 is 15.9 Å². The van der Waals surface area contributed by atoms with Crippen LogP contribution in [0.1, 0.15) is 10.4 Å². The fourth-order valence-corrected chi connectivity index (χ4v) is 2.01. The quantitative estimate of drug-likeness (QED) is 0.819. The van der Waals surface area contributed by atoms with E-state index in [-0.39, 0.29) is 5.56 Å². The summed E-state index contributed by atoms with van der Waals surface area (Å²) in [4.78, 5) is 12.9. The third-order valence-electron chi connectivity index (χ3n) is 2.25. The van der Waals surface area contributed by atoms with E-state index in [4.69, 9.17) is 5.11 Å². The molecule has 0 heterocycles. The number of halogens is 1. The predicted octanol–water partition coefficient (Wildman–Crippen LogP) is 3.33. The summed E-state index contributed by atoms with van der Waals surface area (Å²) in [5.74, 6) is -0.942. The van der Waals surface area contributed by atoms with Crippen molar-refractivity contribution in [1.29, 1.82) is 0 Å². The van der Waals surface area contributed by atoms with Crippen molar-refractivity contribution in [3.63, 3.8) is 0 Å². The SMILES string of the molecule is C=CCN(CC=C)c1ccc(C(=O)O)c(Br)c1. The first-order valence-corrected chi connectivity index (χ1v) is 5.89. The van der Waals surface area contributed by atoms with E-state index in [9.17, 15) is 4.79 Å². The van der Waals surface area contributed by atoms with Crippen molar-refractivity contribution in [2.24, 2.45) is 0 Å². The van der Waals surface area contributed by atoms with Crippen LogP contribution < -0.4 is 4.90 Å². The highest BCUT2D eigenvalue weighted by atomic mass is 79.9. The molecule has 0 fully saturated rings. The van der Waals surface area contributed by atoms with Gasteiger partial charge in [-0.25, -0.2) is 4.79 Å². The molecule has 0 saturated heterocycles. The Kier molecular flexibility index (Phi) is 4.97. The number of carbonyl (C=O) groups is 1. The first kappa shape index (κ1) is 13.5. The van der Waals surface area contributed by atoms with Crippen LogP contribution in [0.25, 0.3) is 0 Å². The Hall–Kier alpha value is -1.55. The summed E-state index contributed by atoms with van der Waals surface area (Å²) in [7, 11) is 0. The molecule has 1 rings (SSSR count). The van der Waals surface area contributed by atoms with Crippen LogP contribution in [0.5, 0.6) is 0 Å². The number of hydrogen-bond acceptors (Lipinski definition) is 2. The van der Waals surface area contributed by atoms with Gasteiger partial charge in [-0.1, -0.05) is 12.2 Å². The fraction of sp³-hybridized carbons (Fsp3) is 0.154. The van der Waals surface area contributed by atoms with Gasteiger partial charge in [0.1, 0.15) is 0 Å². The molecule has 0 aliphatic carbocycles. The highest BCUT2D eigenvalue weighted by molar-refractivity contribution is 9.10. The maximum atomic E-state index is 10.9. The van der Waals surface area contributed by atoms with E-state index < -0.39 is 5.97 Å². The monoisotopic (exact) mass is 295 g/mol. The lowest BCUT2D eigenvalue weighted by molar-refractivity contribution is 0.0696. The van der Waals surface area contributed by atoms with Crippen LogP contribution in [-0.4, -0.2) is 24.2 Å². The minimum absolute atomic E-state index is 0.255. The molecule has 90 valence electrons. The number of aromatic carboxylic acids is 1. The standard InChI is InChI=1S/C13H14BrNO2/c1-3-7-15(8-4-2)10-5-6-11(13(16)17)12(14)9-10/h3-6,9H,1-2,7-8H2,(H,16,17). The highest BCUT2D eigenvalue weighted by Gasteiger charge is 2.10. The molecule has 0 aliphatic rings. The van der Waals surface area contributed by atoms with Crippen molar-refractivity contribution >= 4 is 27.6 Å². The van der Waals surface area contributed by atoms with Crippen molar-refractivity contribution in [1.82, 2.24) is 0 Å². The molecule has 1 aromatic carbocycles. The minimum atomic E-state index is -0.942. The summed E-state index contributed by atoms with van der Waals surface area (Å²) < 4.78 is 0.570. The summed E-state index contributed by atoms with van der Waals surface area (Å²) in [6, 6.07) is 5.15. The van der Waals surface area contributed by atoms with E-state index >= 15 is 0 Å². The van der Waals surface area contributed by atoms with E-state index in [1.807, 2.05) is 4.90 Å². The van der Waals surface area contributed by atoms with Crippen LogP contribution in [-0.2, 0) is 0 Å². The fourth-order valence-electron chi connectivity index (χ4n) is 1.47. The summed E-state index contributed by atoms with van der Waals surface area (Å²) in [6.07, 6.45) is 3.59. The van der Waals surface area contributed by atoms with Crippen molar-refractivity contribution in [2.75, 3.05) is 18.0 Å². The number of benzene rings is 1. The molecule has 0 unspecified atom stereocenters. The number of anilines is 1. The lowest BCUT2D eigenvalue weighted by Crippen LogP contribution is -2.23. The average Bonchev–Trinajstić information content (AvgIpc) is 2.28. The smallest absolute Gasteiger partial charge is 0.336 e. The zero-order chi connectivity index (χ0) is 12.8. The molecule has 0 aliphatic heterocycles. The van der Waals surface area contributed by atoms with E-state index in [1.54, 1.807) is 30.4 Å². The van der Waals surface area contributed by atoms with Crippen LogP contribution in [0.4, 0.5) is 5.69 Å². The van der Waals surface area contributed by atoms with Crippen LogP contribution in [0.2, 0.25) is 0 Å². The predicted molar refractivity (Wildman–Crippen MR) is 73.7 cm³/mol. The van der Waals surface area contributed by atoms with Gasteiger partial charge in [0, 0.05) is 23.2 Å². The number of carboxylic acids is 1. The van der Waals surface area contributed by atoms with Crippen molar-refractivity contribution in [3.8, 4) is 0 Å². The van der Waals surface area contributed by atoms with Crippen molar-refractivity contribution in [2.45, 2.75) is 0 Å². The maximum absolute atomic E-state index is 10.9. The van der Waals surface area contributed by atoms with Gasteiger partial charge in [-0.05, 0) is 34.1 Å². The van der Waals surface area contributed by atoms with E-state index in [1.165, 1.54) is 0 Å². The normalized spacial score (nSPS) is 9.71. The van der Waals surface area contributed by atoms with E-state index in [2.05, 4.69) is 29.1 Å². The molecule has 4 heteroatoms. The Morgan fingerprint density at radius 3 is 2.35 bits per heavy atom. The van der Waals surface area contributed by atoms with Crippen molar-refractivity contribution in [3.05, 3.63) is 53.5 Å². The van der Waals surface area contributed by atoms with Gasteiger partial charge in [-0.3, -0.25) is 0 Å². The van der Waals surface area contributed by atoms with E-state index in [0.717, 1.165) is 5.69 Å². The molecule has 0 bridgehead atoms. The number of hydrogen-bond donors (Lipinski definition) is 1. The average molecular weight is 296 g/mol. The second-order valence-corrected chi connectivity index (χ2v) is 4.31. The molecule has 0 spiro atoms. The molecular weight excluding hydrogens is 282 g/mol. The van der Waals surface area contributed by atoms with Gasteiger partial charge in [0.15, 0.2) is 0 Å². The molecule has 0 aromatic heterocycles. The molecule has 0 atom stereocenters. The molecule has 0 radical (unpaired) electrons. The third kappa shape index (κ3) is 3.46. The van der Waals surface area contributed by atoms with Crippen LogP contribution in [0.3, 0.4) is 0 Å². The summed E-state index contributed by atoms with van der Waals surface area (Å²) >= 11 is 3.26.